The molecule has 1 heterocycles. The molecule has 0 unspecified atom stereocenters. The third kappa shape index (κ3) is 3.16. The summed E-state index contributed by atoms with van der Waals surface area (Å²) in [6.07, 6.45) is 4.06. The lowest BCUT2D eigenvalue weighted by atomic mass is 10.1. The predicted octanol–water partition coefficient (Wildman–Crippen LogP) is 2.24. The van der Waals surface area contributed by atoms with Crippen LogP contribution in [0.2, 0.25) is 0 Å². The summed E-state index contributed by atoms with van der Waals surface area (Å²) >= 11 is 3.42. The molecule has 1 amide bonds. The molecular weight excluding hydrogens is 296 g/mol. The summed E-state index contributed by atoms with van der Waals surface area (Å²) in [4.78, 5) is 11.8. The van der Waals surface area contributed by atoms with Gasteiger partial charge in [0.05, 0.1) is 6.20 Å². The smallest absolute Gasteiger partial charge is 0.246 e. The Bertz CT molecular complexity index is 539. The van der Waals surface area contributed by atoms with E-state index in [1.807, 2.05) is 18.2 Å². The summed E-state index contributed by atoms with van der Waals surface area (Å²) in [6, 6.07) is 5.80. The molecule has 0 radical (unpaired) electrons. The van der Waals surface area contributed by atoms with Crippen LogP contribution in [0, 0.1) is 0 Å². The van der Waals surface area contributed by atoms with Crippen LogP contribution in [0.4, 0.5) is 5.69 Å². The van der Waals surface area contributed by atoms with Crippen LogP contribution in [0.1, 0.15) is 12.5 Å². The first-order valence-electron chi connectivity index (χ1n) is 5.61. The van der Waals surface area contributed by atoms with Gasteiger partial charge in [0.1, 0.15) is 6.54 Å². The highest BCUT2D eigenvalue weighted by atomic mass is 79.9. The van der Waals surface area contributed by atoms with Gasteiger partial charge in [0.2, 0.25) is 5.91 Å². The Hall–Kier alpha value is -1.69. The lowest BCUT2D eigenvalue weighted by molar-refractivity contribution is -0.116. The molecule has 94 valence electrons. The van der Waals surface area contributed by atoms with Gasteiger partial charge in [-0.3, -0.25) is 4.79 Å². The average molecular weight is 309 g/mol. The van der Waals surface area contributed by atoms with Gasteiger partial charge in [-0.05, 0) is 30.2 Å². The van der Waals surface area contributed by atoms with Gasteiger partial charge in [-0.2, -0.15) is 0 Å². The summed E-state index contributed by atoms with van der Waals surface area (Å²) in [5, 5.41) is 10.3. The number of halogens is 1. The van der Waals surface area contributed by atoms with Crippen LogP contribution in [0.25, 0.3) is 0 Å². The lowest BCUT2D eigenvalue weighted by Gasteiger charge is -2.10. The molecule has 6 heteroatoms. The van der Waals surface area contributed by atoms with Gasteiger partial charge in [-0.15, -0.1) is 5.10 Å². The molecular formula is C12H13BrN4O. The maximum atomic E-state index is 11.8. The largest absolute Gasteiger partial charge is 0.324 e. The molecule has 2 rings (SSSR count). The highest BCUT2D eigenvalue weighted by Gasteiger charge is 2.07. The third-order valence-corrected chi connectivity index (χ3v) is 2.99. The van der Waals surface area contributed by atoms with E-state index in [0.717, 1.165) is 22.1 Å². The fourth-order valence-corrected chi connectivity index (χ4v) is 2.04. The molecule has 1 aromatic heterocycles. The number of hydrogen-bond donors (Lipinski definition) is 1. The van der Waals surface area contributed by atoms with Gasteiger partial charge in [-0.25, -0.2) is 4.68 Å². The summed E-state index contributed by atoms with van der Waals surface area (Å²) in [5.74, 6) is -0.113. The molecule has 18 heavy (non-hydrogen) atoms. The Morgan fingerprint density at radius 3 is 3.00 bits per heavy atom. The van der Waals surface area contributed by atoms with E-state index >= 15 is 0 Å². The second kappa shape index (κ2) is 5.77. The standard InChI is InChI=1S/C12H13BrN4O/c1-2-9-7-10(13)3-4-11(9)15-12(18)8-17-6-5-14-16-17/h3-7H,2,8H2,1H3,(H,15,18). The minimum atomic E-state index is -0.113. The lowest BCUT2D eigenvalue weighted by Crippen LogP contribution is -2.19. The SMILES string of the molecule is CCc1cc(Br)ccc1NC(=O)Cn1ccnn1. The third-order valence-electron chi connectivity index (χ3n) is 2.50. The molecule has 0 saturated heterocycles. The molecule has 0 spiro atoms. The molecule has 2 aromatic rings. The topological polar surface area (TPSA) is 59.8 Å². The first kappa shape index (κ1) is 12.8. The Kier molecular flexibility index (Phi) is 4.09. The number of anilines is 1. The fourth-order valence-electron chi connectivity index (χ4n) is 1.63. The molecule has 0 aliphatic rings. The van der Waals surface area contributed by atoms with Crippen molar-refractivity contribution in [2.45, 2.75) is 19.9 Å². The van der Waals surface area contributed by atoms with E-state index in [4.69, 9.17) is 0 Å². The van der Waals surface area contributed by atoms with Crippen molar-refractivity contribution in [1.29, 1.82) is 0 Å². The summed E-state index contributed by atoms with van der Waals surface area (Å²) < 4.78 is 2.49. The summed E-state index contributed by atoms with van der Waals surface area (Å²) in [6.45, 7) is 2.22. The fraction of sp³-hybridized carbons (Fsp3) is 0.250. The Morgan fingerprint density at radius 1 is 1.50 bits per heavy atom. The van der Waals surface area contributed by atoms with Crippen molar-refractivity contribution in [2.24, 2.45) is 0 Å². The molecule has 0 fully saturated rings. The zero-order chi connectivity index (χ0) is 13.0. The Balaban J connectivity index is 2.07. The first-order chi connectivity index (χ1) is 8.69. The molecule has 0 bridgehead atoms. The zero-order valence-corrected chi connectivity index (χ0v) is 11.5. The number of nitrogens with one attached hydrogen (secondary N) is 1. The van der Waals surface area contributed by atoms with E-state index in [-0.39, 0.29) is 12.5 Å². The predicted molar refractivity (Wildman–Crippen MR) is 72.2 cm³/mol. The van der Waals surface area contributed by atoms with Crippen LogP contribution in [-0.2, 0) is 17.8 Å². The highest BCUT2D eigenvalue weighted by molar-refractivity contribution is 9.10. The van der Waals surface area contributed by atoms with Gasteiger partial charge >= 0.3 is 0 Å². The maximum absolute atomic E-state index is 11.8. The van der Waals surface area contributed by atoms with E-state index < -0.39 is 0 Å². The van der Waals surface area contributed by atoms with E-state index in [1.165, 1.54) is 4.68 Å². The number of aryl methyl sites for hydroxylation is 1. The second-order valence-corrected chi connectivity index (χ2v) is 4.72. The monoisotopic (exact) mass is 308 g/mol. The van der Waals surface area contributed by atoms with Gasteiger partial charge in [0.15, 0.2) is 0 Å². The normalized spacial score (nSPS) is 10.3. The van der Waals surface area contributed by atoms with E-state index in [0.29, 0.717) is 0 Å². The molecule has 0 atom stereocenters. The van der Waals surface area contributed by atoms with Gasteiger partial charge < -0.3 is 5.32 Å². The van der Waals surface area contributed by atoms with Crippen LogP contribution < -0.4 is 5.32 Å². The van der Waals surface area contributed by atoms with Crippen molar-refractivity contribution in [2.75, 3.05) is 5.32 Å². The Morgan fingerprint density at radius 2 is 2.33 bits per heavy atom. The molecule has 1 aromatic carbocycles. The van der Waals surface area contributed by atoms with Crippen LogP contribution in [0.15, 0.2) is 35.1 Å². The van der Waals surface area contributed by atoms with E-state index in [2.05, 4.69) is 38.5 Å². The van der Waals surface area contributed by atoms with Crippen molar-refractivity contribution in [3.63, 3.8) is 0 Å². The van der Waals surface area contributed by atoms with Crippen molar-refractivity contribution in [3.05, 3.63) is 40.6 Å². The molecule has 0 saturated carbocycles. The van der Waals surface area contributed by atoms with Crippen LogP contribution >= 0.6 is 15.9 Å². The number of amides is 1. The number of benzene rings is 1. The number of carbonyl (C=O) groups excluding carboxylic acids is 1. The van der Waals surface area contributed by atoms with E-state index in [1.54, 1.807) is 12.4 Å². The number of aromatic nitrogens is 3. The van der Waals surface area contributed by atoms with Gasteiger partial charge in [0, 0.05) is 16.4 Å². The molecule has 1 N–H and O–H groups in total. The quantitative estimate of drug-likeness (QED) is 0.942. The molecule has 0 aliphatic carbocycles. The first-order valence-corrected chi connectivity index (χ1v) is 6.40. The average Bonchev–Trinajstić information content (AvgIpc) is 2.84. The number of rotatable bonds is 4. The number of nitrogens with zero attached hydrogens (tertiary/aromatic N) is 3. The van der Waals surface area contributed by atoms with Gasteiger partial charge in [0.25, 0.3) is 0 Å². The van der Waals surface area contributed by atoms with Gasteiger partial charge in [-0.1, -0.05) is 28.1 Å². The maximum Gasteiger partial charge on any atom is 0.246 e. The summed E-state index contributed by atoms with van der Waals surface area (Å²) in [5.41, 5.74) is 1.93. The minimum Gasteiger partial charge on any atom is -0.324 e. The van der Waals surface area contributed by atoms with Crippen molar-refractivity contribution in [3.8, 4) is 0 Å². The van der Waals surface area contributed by atoms with Crippen molar-refractivity contribution in [1.82, 2.24) is 15.0 Å². The van der Waals surface area contributed by atoms with Crippen LogP contribution in [0.3, 0.4) is 0 Å². The van der Waals surface area contributed by atoms with E-state index in [9.17, 15) is 4.79 Å². The second-order valence-electron chi connectivity index (χ2n) is 3.80. The Labute approximate surface area is 113 Å². The number of hydrogen-bond acceptors (Lipinski definition) is 3. The van der Waals surface area contributed by atoms with Crippen LogP contribution in [0.5, 0.6) is 0 Å². The van der Waals surface area contributed by atoms with Crippen molar-refractivity contribution < 1.29 is 4.79 Å². The summed E-state index contributed by atoms with van der Waals surface area (Å²) in [7, 11) is 0. The van der Waals surface area contributed by atoms with Crippen molar-refractivity contribution >= 4 is 27.5 Å². The highest BCUT2D eigenvalue weighted by Crippen LogP contribution is 2.21. The minimum absolute atomic E-state index is 0.113. The molecule has 5 nitrogen and oxygen atoms in total. The van der Waals surface area contributed by atoms with Crippen LogP contribution in [-0.4, -0.2) is 20.9 Å². The zero-order valence-electron chi connectivity index (χ0n) is 9.93. The molecule has 0 aliphatic heterocycles. The number of carbonyl (C=O) groups is 1.